The van der Waals surface area contributed by atoms with Crippen LogP contribution in [0.3, 0.4) is 0 Å². The number of nitrogens with zero attached hydrogens (tertiary/aromatic N) is 2. The lowest BCUT2D eigenvalue weighted by atomic mass is 10.4. The molecule has 0 bridgehead atoms. The molecule has 118 valence electrons. The minimum absolute atomic E-state index is 0.272. The molecule has 3 rings (SSSR count). The summed E-state index contributed by atoms with van der Waals surface area (Å²) in [4.78, 5) is 13.7. The van der Waals surface area contributed by atoms with Crippen molar-refractivity contribution in [3.05, 3.63) is 50.3 Å². The molecule has 0 saturated carbocycles. The van der Waals surface area contributed by atoms with E-state index in [2.05, 4.69) is 26.1 Å². The Kier molecular flexibility index (Phi) is 5.04. The van der Waals surface area contributed by atoms with Crippen LogP contribution in [-0.2, 0) is 9.53 Å². The van der Waals surface area contributed by atoms with Gasteiger partial charge in [-0.15, -0.1) is 32.9 Å². The summed E-state index contributed by atoms with van der Waals surface area (Å²) in [6.07, 6.45) is 2.48. The van der Waals surface area contributed by atoms with Crippen LogP contribution < -0.4 is 0 Å². The summed E-state index contributed by atoms with van der Waals surface area (Å²) in [7, 11) is 0. The van der Waals surface area contributed by atoms with Crippen LogP contribution in [0.15, 0.2) is 43.9 Å². The first-order chi connectivity index (χ1) is 11.1. The van der Waals surface area contributed by atoms with Crippen LogP contribution in [0.25, 0.3) is 16.8 Å². The fraction of sp³-hybridized carbons (Fsp3) is 0.133. The van der Waals surface area contributed by atoms with Gasteiger partial charge in [0.15, 0.2) is 6.10 Å². The van der Waals surface area contributed by atoms with Crippen molar-refractivity contribution in [2.24, 2.45) is 0 Å². The fourth-order valence-corrected chi connectivity index (χ4v) is 3.70. The molecule has 0 aliphatic carbocycles. The maximum absolute atomic E-state index is 11.8. The second-order valence-electron chi connectivity index (χ2n) is 4.48. The Morgan fingerprint density at radius 1 is 1.39 bits per heavy atom. The lowest BCUT2D eigenvalue weighted by Crippen LogP contribution is -2.06. The molecule has 23 heavy (non-hydrogen) atoms. The van der Waals surface area contributed by atoms with E-state index in [1.54, 1.807) is 13.0 Å². The lowest BCUT2D eigenvalue weighted by Gasteiger charge is -2.06. The van der Waals surface area contributed by atoms with Crippen molar-refractivity contribution in [1.29, 1.82) is 0 Å². The van der Waals surface area contributed by atoms with E-state index < -0.39 is 12.1 Å². The minimum Gasteiger partial charge on any atom is -0.449 e. The Hall–Kier alpha value is -1.77. The number of thiophene rings is 2. The summed E-state index contributed by atoms with van der Waals surface area (Å²) >= 11 is 6.40. The van der Waals surface area contributed by atoms with Gasteiger partial charge in [-0.2, -0.15) is 0 Å². The number of carbonyl (C=O) groups excluding carboxylic acids is 1. The first-order valence-electron chi connectivity index (χ1n) is 6.63. The summed E-state index contributed by atoms with van der Waals surface area (Å²) < 4.78 is 11.8. The van der Waals surface area contributed by atoms with Crippen molar-refractivity contribution in [3.63, 3.8) is 0 Å². The third kappa shape index (κ3) is 4.15. The topological polar surface area (TPSA) is 65.2 Å². The van der Waals surface area contributed by atoms with Gasteiger partial charge in [0.25, 0.3) is 11.8 Å². The molecule has 0 aliphatic rings. The van der Waals surface area contributed by atoms with E-state index in [9.17, 15) is 4.79 Å². The highest BCUT2D eigenvalue weighted by molar-refractivity contribution is 9.11. The first kappa shape index (κ1) is 16.1. The summed E-state index contributed by atoms with van der Waals surface area (Å²) in [6, 6.07) is 7.62. The molecule has 0 aliphatic heterocycles. The average Bonchev–Trinajstić information content (AvgIpc) is 3.26. The van der Waals surface area contributed by atoms with E-state index in [-0.39, 0.29) is 5.89 Å². The molecule has 0 fully saturated rings. The molecule has 0 amide bonds. The molecule has 8 heteroatoms. The van der Waals surface area contributed by atoms with Gasteiger partial charge in [0.2, 0.25) is 0 Å². The molecule has 0 N–H and O–H groups in total. The molecule has 0 spiro atoms. The summed E-state index contributed by atoms with van der Waals surface area (Å²) in [5.41, 5.74) is 0. The largest absolute Gasteiger partial charge is 0.449 e. The Morgan fingerprint density at radius 3 is 2.96 bits per heavy atom. The Bertz CT molecular complexity index is 824. The zero-order chi connectivity index (χ0) is 16.2. The molecule has 1 unspecified atom stereocenters. The van der Waals surface area contributed by atoms with Gasteiger partial charge in [-0.1, -0.05) is 6.07 Å². The first-order valence-corrected chi connectivity index (χ1v) is 9.12. The van der Waals surface area contributed by atoms with Crippen molar-refractivity contribution in [3.8, 4) is 10.8 Å². The average molecular weight is 411 g/mol. The van der Waals surface area contributed by atoms with Gasteiger partial charge >= 0.3 is 5.97 Å². The third-order valence-corrected chi connectivity index (χ3v) is 5.24. The zero-order valence-corrected chi connectivity index (χ0v) is 15.2. The van der Waals surface area contributed by atoms with Crippen LogP contribution in [0.1, 0.15) is 23.8 Å². The van der Waals surface area contributed by atoms with Crippen molar-refractivity contribution in [2.45, 2.75) is 13.0 Å². The third-order valence-electron chi connectivity index (χ3n) is 2.79. The number of ether oxygens (including phenoxy) is 1. The monoisotopic (exact) mass is 410 g/mol. The van der Waals surface area contributed by atoms with Crippen LogP contribution in [0.5, 0.6) is 0 Å². The Balaban J connectivity index is 1.61. The second-order valence-corrected chi connectivity index (χ2v) is 7.92. The van der Waals surface area contributed by atoms with Crippen molar-refractivity contribution in [1.82, 2.24) is 10.2 Å². The maximum Gasteiger partial charge on any atom is 0.331 e. The Labute approximate surface area is 148 Å². The number of halogens is 1. The lowest BCUT2D eigenvalue weighted by molar-refractivity contribution is -0.143. The predicted molar refractivity (Wildman–Crippen MR) is 93.2 cm³/mol. The fourth-order valence-electron chi connectivity index (χ4n) is 1.73. The van der Waals surface area contributed by atoms with Crippen molar-refractivity contribution >= 4 is 50.6 Å². The zero-order valence-electron chi connectivity index (χ0n) is 11.9. The highest BCUT2D eigenvalue weighted by Crippen LogP contribution is 2.26. The van der Waals surface area contributed by atoms with Gasteiger partial charge < -0.3 is 9.15 Å². The molecule has 3 aromatic heterocycles. The minimum atomic E-state index is -0.608. The van der Waals surface area contributed by atoms with Crippen LogP contribution in [0.4, 0.5) is 0 Å². The SMILES string of the molecule is CC(OC(=O)C=Cc1ccc(Br)s1)c1nnc(-c2cccs2)o1. The number of esters is 1. The highest BCUT2D eigenvalue weighted by Gasteiger charge is 2.18. The van der Waals surface area contributed by atoms with Crippen LogP contribution in [0, 0.1) is 0 Å². The molecular weight excluding hydrogens is 400 g/mol. The van der Waals surface area contributed by atoms with Crippen LogP contribution in [-0.4, -0.2) is 16.2 Å². The summed E-state index contributed by atoms with van der Waals surface area (Å²) in [5.74, 6) is 0.240. The number of hydrogen-bond acceptors (Lipinski definition) is 7. The number of carbonyl (C=O) groups is 1. The molecule has 5 nitrogen and oxygen atoms in total. The van der Waals surface area contributed by atoms with Crippen LogP contribution in [0.2, 0.25) is 0 Å². The molecule has 3 aromatic rings. The van der Waals surface area contributed by atoms with E-state index in [4.69, 9.17) is 9.15 Å². The maximum atomic E-state index is 11.8. The second kappa shape index (κ2) is 7.20. The van der Waals surface area contributed by atoms with E-state index >= 15 is 0 Å². The highest BCUT2D eigenvalue weighted by atomic mass is 79.9. The molecular formula is C15H11BrN2O3S2. The van der Waals surface area contributed by atoms with Gasteiger partial charge in [-0.05, 0) is 52.5 Å². The molecule has 0 radical (unpaired) electrons. The van der Waals surface area contributed by atoms with Crippen molar-refractivity contribution in [2.75, 3.05) is 0 Å². The van der Waals surface area contributed by atoms with Gasteiger partial charge in [0, 0.05) is 11.0 Å². The van der Waals surface area contributed by atoms with E-state index in [1.165, 1.54) is 28.7 Å². The van der Waals surface area contributed by atoms with Gasteiger partial charge in [0.1, 0.15) is 0 Å². The summed E-state index contributed by atoms with van der Waals surface area (Å²) in [6.45, 7) is 1.69. The smallest absolute Gasteiger partial charge is 0.331 e. The molecule has 0 saturated heterocycles. The van der Waals surface area contributed by atoms with Gasteiger partial charge in [-0.3, -0.25) is 0 Å². The Morgan fingerprint density at radius 2 is 2.26 bits per heavy atom. The van der Waals surface area contributed by atoms with Crippen molar-refractivity contribution < 1.29 is 13.9 Å². The number of aromatic nitrogens is 2. The number of rotatable bonds is 5. The standard InChI is InChI=1S/C15H11BrN2O3S2/c1-9(14-17-18-15(21-14)11-3-2-8-22-11)20-13(19)7-5-10-4-6-12(16)23-10/h2-9H,1H3. The van der Waals surface area contributed by atoms with Gasteiger partial charge in [0.05, 0.1) is 8.66 Å². The number of hydrogen-bond donors (Lipinski definition) is 0. The van der Waals surface area contributed by atoms with E-state index in [1.807, 2.05) is 29.6 Å². The summed E-state index contributed by atoms with van der Waals surface area (Å²) in [5, 5.41) is 9.82. The predicted octanol–water partition coefficient (Wildman–Crippen LogP) is 4.94. The normalized spacial score (nSPS) is 12.6. The quantitative estimate of drug-likeness (QED) is 0.440. The van der Waals surface area contributed by atoms with Crippen LogP contribution >= 0.6 is 38.6 Å². The van der Waals surface area contributed by atoms with E-state index in [0.717, 1.165) is 13.5 Å². The molecule has 1 atom stereocenters. The van der Waals surface area contributed by atoms with E-state index in [0.29, 0.717) is 5.89 Å². The van der Waals surface area contributed by atoms with Gasteiger partial charge in [-0.25, -0.2) is 4.79 Å². The molecule has 3 heterocycles. The molecule has 0 aromatic carbocycles.